The van der Waals surface area contributed by atoms with Crippen molar-refractivity contribution in [2.45, 2.75) is 39.4 Å². The lowest BCUT2D eigenvalue weighted by Crippen LogP contribution is -2.37. The van der Waals surface area contributed by atoms with E-state index in [9.17, 15) is 9.59 Å². The van der Waals surface area contributed by atoms with Crippen LogP contribution in [0.1, 0.15) is 25.8 Å². The van der Waals surface area contributed by atoms with E-state index in [0.29, 0.717) is 24.0 Å². The highest BCUT2D eigenvalue weighted by Crippen LogP contribution is 2.10. The summed E-state index contributed by atoms with van der Waals surface area (Å²) >= 11 is 0. The molecular weight excluding hydrogens is 328 g/mol. The molecule has 1 amide bonds. The molecule has 6 nitrogen and oxygen atoms in total. The molecule has 0 saturated heterocycles. The van der Waals surface area contributed by atoms with E-state index in [4.69, 9.17) is 0 Å². The molecule has 0 saturated carbocycles. The average molecular weight is 350 g/mol. The van der Waals surface area contributed by atoms with Gasteiger partial charge in [-0.1, -0.05) is 18.2 Å². The third-order valence-electron chi connectivity index (χ3n) is 4.32. The van der Waals surface area contributed by atoms with E-state index in [1.54, 1.807) is 29.4 Å². The Morgan fingerprint density at radius 3 is 2.73 bits per heavy atom. The summed E-state index contributed by atoms with van der Waals surface area (Å²) in [4.78, 5) is 35.4. The second-order valence-corrected chi connectivity index (χ2v) is 6.49. The number of aryl methyl sites for hydroxylation is 1. The molecule has 134 valence electrons. The number of hydrogen-bond acceptors (Lipinski definition) is 4. The first-order chi connectivity index (χ1) is 12.6. The predicted molar refractivity (Wildman–Crippen MR) is 101 cm³/mol. The molecule has 3 rings (SSSR count). The van der Waals surface area contributed by atoms with E-state index in [1.165, 1.54) is 10.9 Å². The fraction of sp³-hybridized carbons (Fsp3) is 0.300. The molecule has 2 aromatic heterocycles. The smallest absolute Gasteiger partial charge is 0.261 e. The van der Waals surface area contributed by atoms with Crippen molar-refractivity contribution in [3.8, 4) is 0 Å². The van der Waals surface area contributed by atoms with Crippen LogP contribution in [0.5, 0.6) is 0 Å². The molecule has 0 unspecified atom stereocenters. The van der Waals surface area contributed by atoms with E-state index in [2.05, 4.69) is 9.97 Å². The Labute approximate surface area is 152 Å². The number of benzene rings is 1. The van der Waals surface area contributed by atoms with Crippen LogP contribution in [-0.4, -0.2) is 31.4 Å². The van der Waals surface area contributed by atoms with Gasteiger partial charge in [0.1, 0.15) is 0 Å². The molecule has 0 spiro atoms. The molecule has 0 aliphatic rings. The van der Waals surface area contributed by atoms with Crippen molar-refractivity contribution in [3.05, 3.63) is 71.0 Å². The molecule has 0 bridgehead atoms. The summed E-state index contributed by atoms with van der Waals surface area (Å²) in [6, 6.07) is 11.1. The van der Waals surface area contributed by atoms with Crippen molar-refractivity contribution in [2.75, 3.05) is 0 Å². The SMILES string of the molecule is CC(C)N(Cc1cccnc1)C(=O)CCn1cnc2ccccc2c1=O. The molecule has 0 aliphatic heterocycles. The lowest BCUT2D eigenvalue weighted by molar-refractivity contribution is -0.133. The lowest BCUT2D eigenvalue weighted by atomic mass is 10.2. The van der Waals surface area contributed by atoms with Crippen LogP contribution in [0.3, 0.4) is 0 Å². The van der Waals surface area contributed by atoms with E-state index < -0.39 is 0 Å². The second kappa shape index (κ2) is 7.91. The van der Waals surface area contributed by atoms with Gasteiger partial charge in [-0.2, -0.15) is 0 Å². The summed E-state index contributed by atoms with van der Waals surface area (Å²) in [6.07, 6.45) is 5.24. The van der Waals surface area contributed by atoms with Crippen molar-refractivity contribution < 1.29 is 4.79 Å². The first-order valence-corrected chi connectivity index (χ1v) is 8.69. The number of hydrogen-bond donors (Lipinski definition) is 0. The van der Waals surface area contributed by atoms with E-state index in [1.807, 2.05) is 38.1 Å². The molecule has 26 heavy (non-hydrogen) atoms. The number of carbonyl (C=O) groups excluding carboxylic acids is 1. The number of rotatable bonds is 6. The normalized spacial score (nSPS) is 11.0. The second-order valence-electron chi connectivity index (χ2n) is 6.49. The van der Waals surface area contributed by atoms with Crippen LogP contribution in [0.4, 0.5) is 0 Å². The molecule has 0 N–H and O–H groups in total. The van der Waals surface area contributed by atoms with Crippen molar-refractivity contribution in [1.82, 2.24) is 19.4 Å². The minimum atomic E-state index is -0.119. The van der Waals surface area contributed by atoms with Gasteiger partial charge in [-0.25, -0.2) is 4.98 Å². The highest BCUT2D eigenvalue weighted by Gasteiger charge is 2.17. The minimum Gasteiger partial charge on any atom is -0.336 e. The van der Waals surface area contributed by atoms with Crippen molar-refractivity contribution in [1.29, 1.82) is 0 Å². The van der Waals surface area contributed by atoms with E-state index in [-0.39, 0.29) is 23.9 Å². The molecular formula is C20H22N4O2. The monoisotopic (exact) mass is 350 g/mol. The number of para-hydroxylation sites is 1. The molecule has 0 atom stereocenters. The summed E-state index contributed by atoms with van der Waals surface area (Å²) in [5.74, 6) is 0.00362. The summed E-state index contributed by atoms with van der Waals surface area (Å²) in [6.45, 7) is 4.79. The summed E-state index contributed by atoms with van der Waals surface area (Å²) < 4.78 is 1.50. The Balaban J connectivity index is 1.72. The molecule has 2 heterocycles. The standard InChI is InChI=1S/C20H22N4O2/c1-15(2)24(13-16-6-5-10-21-12-16)19(25)9-11-23-14-22-18-8-4-3-7-17(18)20(23)26/h3-8,10,12,14-15H,9,11,13H2,1-2H3. The minimum absolute atomic E-state index is 0.00362. The molecule has 0 radical (unpaired) electrons. The maximum atomic E-state index is 12.7. The van der Waals surface area contributed by atoms with Crippen molar-refractivity contribution in [2.24, 2.45) is 0 Å². The van der Waals surface area contributed by atoms with Gasteiger partial charge in [0.15, 0.2) is 0 Å². The van der Waals surface area contributed by atoms with Crippen LogP contribution in [-0.2, 0) is 17.9 Å². The van der Waals surface area contributed by atoms with Gasteiger partial charge in [-0.15, -0.1) is 0 Å². The molecule has 0 aliphatic carbocycles. The fourth-order valence-corrected chi connectivity index (χ4v) is 2.87. The number of carbonyl (C=O) groups is 1. The predicted octanol–water partition coefficient (Wildman–Crippen LogP) is 2.62. The number of pyridine rings is 1. The van der Waals surface area contributed by atoms with Gasteiger partial charge >= 0.3 is 0 Å². The average Bonchev–Trinajstić information content (AvgIpc) is 2.66. The Bertz CT molecular complexity index is 951. The maximum Gasteiger partial charge on any atom is 0.261 e. The third-order valence-corrected chi connectivity index (χ3v) is 4.32. The molecule has 6 heteroatoms. The van der Waals surface area contributed by atoms with Gasteiger partial charge in [0, 0.05) is 37.9 Å². The maximum absolute atomic E-state index is 12.7. The highest BCUT2D eigenvalue weighted by molar-refractivity contribution is 5.77. The zero-order chi connectivity index (χ0) is 18.5. The Kier molecular flexibility index (Phi) is 5.41. The van der Waals surface area contributed by atoms with E-state index >= 15 is 0 Å². The van der Waals surface area contributed by atoms with Crippen LogP contribution in [0.15, 0.2) is 59.9 Å². The Hall–Kier alpha value is -3.02. The highest BCUT2D eigenvalue weighted by atomic mass is 16.2. The number of amides is 1. The van der Waals surface area contributed by atoms with Gasteiger partial charge in [0.25, 0.3) is 5.56 Å². The number of fused-ring (bicyclic) bond motifs is 1. The van der Waals surface area contributed by atoms with Crippen molar-refractivity contribution >= 4 is 16.8 Å². The quantitative estimate of drug-likeness (QED) is 0.685. The molecule has 0 fully saturated rings. The summed E-state index contributed by atoms with van der Waals surface area (Å²) in [7, 11) is 0. The van der Waals surface area contributed by atoms with Crippen LogP contribution < -0.4 is 5.56 Å². The summed E-state index contributed by atoms with van der Waals surface area (Å²) in [5, 5.41) is 0.568. The number of aromatic nitrogens is 3. The first-order valence-electron chi connectivity index (χ1n) is 8.69. The zero-order valence-electron chi connectivity index (χ0n) is 15.0. The third kappa shape index (κ3) is 3.96. The largest absolute Gasteiger partial charge is 0.336 e. The van der Waals surface area contributed by atoms with Crippen LogP contribution in [0, 0.1) is 0 Å². The summed E-state index contributed by atoms with van der Waals surface area (Å²) in [5.41, 5.74) is 1.53. The Morgan fingerprint density at radius 2 is 2.00 bits per heavy atom. The van der Waals surface area contributed by atoms with Gasteiger partial charge in [-0.3, -0.25) is 19.1 Å². The molecule has 1 aromatic carbocycles. The van der Waals surface area contributed by atoms with Gasteiger partial charge in [0.2, 0.25) is 5.91 Å². The van der Waals surface area contributed by atoms with Crippen molar-refractivity contribution in [3.63, 3.8) is 0 Å². The Morgan fingerprint density at radius 1 is 1.19 bits per heavy atom. The van der Waals surface area contributed by atoms with Gasteiger partial charge < -0.3 is 4.90 Å². The van der Waals surface area contributed by atoms with Gasteiger partial charge in [0.05, 0.1) is 17.2 Å². The fourth-order valence-electron chi connectivity index (χ4n) is 2.87. The van der Waals surface area contributed by atoms with Crippen LogP contribution in [0.2, 0.25) is 0 Å². The first kappa shape index (κ1) is 17.8. The van der Waals surface area contributed by atoms with Gasteiger partial charge in [-0.05, 0) is 37.6 Å². The molecule has 3 aromatic rings. The van der Waals surface area contributed by atoms with Crippen LogP contribution >= 0.6 is 0 Å². The topological polar surface area (TPSA) is 68.1 Å². The van der Waals surface area contributed by atoms with Crippen LogP contribution in [0.25, 0.3) is 10.9 Å². The van der Waals surface area contributed by atoms with E-state index in [0.717, 1.165) is 5.56 Å². The number of nitrogens with zero attached hydrogens (tertiary/aromatic N) is 4. The zero-order valence-corrected chi connectivity index (χ0v) is 15.0. The lowest BCUT2D eigenvalue weighted by Gasteiger charge is -2.27.